The van der Waals surface area contributed by atoms with Gasteiger partial charge >= 0.3 is 0 Å². The molecule has 4 heteroatoms. The second-order valence-electron chi connectivity index (χ2n) is 6.57. The second kappa shape index (κ2) is 7.14. The van der Waals surface area contributed by atoms with Crippen molar-refractivity contribution < 1.29 is 9.18 Å². The minimum Gasteiger partial charge on any atom is -0.347 e. The van der Waals surface area contributed by atoms with Crippen molar-refractivity contribution in [3.8, 4) is 0 Å². The number of halogens is 1. The van der Waals surface area contributed by atoms with Gasteiger partial charge in [-0.05, 0) is 36.1 Å². The van der Waals surface area contributed by atoms with Gasteiger partial charge in [0.25, 0.3) is 0 Å². The van der Waals surface area contributed by atoms with Crippen LogP contribution in [0.2, 0.25) is 0 Å². The Morgan fingerprint density at radius 3 is 2.33 bits per heavy atom. The summed E-state index contributed by atoms with van der Waals surface area (Å²) in [5.41, 5.74) is 7.70. The highest BCUT2D eigenvalue weighted by Crippen LogP contribution is 2.39. The number of rotatable bonds is 5. The quantitative estimate of drug-likeness (QED) is 0.878. The molecule has 0 radical (unpaired) electrons. The van der Waals surface area contributed by atoms with Crippen molar-refractivity contribution >= 4 is 5.91 Å². The third-order valence-electron chi connectivity index (χ3n) is 4.87. The van der Waals surface area contributed by atoms with Crippen LogP contribution in [0.3, 0.4) is 0 Å². The molecule has 3 nitrogen and oxygen atoms in total. The average molecular weight is 326 g/mol. The van der Waals surface area contributed by atoms with E-state index in [1.807, 2.05) is 30.3 Å². The Morgan fingerprint density at radius 1 is 1.08 bits per heavy atom. The predicted molar refractivity (Wildman–Crippen MR) is 92.7 cm³/mol. The molecule has 2 aromatic carbocycles. The van der Waals surface area contributed by atoms with E-state index in [2.05, 4.69) is 5.32 Å². The summed E-state index contributed by atoms with van der Waals surface area (Å²) < 4.78 is 13.2. The van der Waals surface area contributed by atoms with Gasteiger partial charge in [0, 0.05) is 12.5 Å². The number of hydrogen-bond donors (Lipinski definition) is 2. The summed E-state index contributed by atoms with van der Waals surface area (Å²) in [6, 6.07) is 15.8. The van der Waals surface area contributed by atoms with E-state index in [0.717, 1.165) is 36.8 Å². The van der Waals surface area contributed by atoms with E-state index < -0.39 is 0 Å². The lowest BCUT2D eigenvalue weighted by Crippen LogP contribution is -2.44. The highest BCUT2D eigenvalue weighted by molar-refractivity contribution is 5.78. The van der Waals surface area contributed by atoms with E-state index in [-0.39, 0.29) is 29.7 Å². The van der Waals surface area contributed by atoms with Gasteiger partial charge in [-0.3, -0.25) is 4.79 Å². The Balaban J connectivity index is 1.71. The Labute approximate surface area is 142 Å². The molecule has 126 valence electrons. The van der Waals surface area contributed by atoms with Gasteiger partial charge in [0.1, 0.15) is 5.82 Å². The average Bonchev–Trinajstić information content (AvgIpc) is 3.05. The number of nitrogens with one attached hydrogen (secondary N) is 1. The summed E-state index contributed by atoms with van der Waals surface area (Å²) in [5, 5.41) is 3.19. The molecule has 3 N–H and O–H groups in total. The van der Waals surface area contributed by atoms with E-state index >= 15 is 0 Å². The minimum absolute atomic E-state index is 0.0578. The van der Waals surface area contributed by atoms with Crippen LogP contribution in [0.15, 0.2) is 54.6 Å². The van der Waals surface area contributed by atoms with E-state index in [0.29, 0.717) is 0 Å². The first-order valence-electron chi connectivity index (χ1n) is 8.47. The van der Waals surface area contributed by atoms with Crippen LogP contribution >= 0.6 is 0 Å². The zero-order chi connectivity index (χ0) is 17.0. The highest BCUT2D eigenvalue weighted by Gasteiger charge is 2.37. The molecular formula is C20H23FN2O. The van der Waals surface area contributed by atoms with Crippen LogP contribution in [-0.2, 0) is 10.3 Å². The molecule has 1 amide bonds. The lowest BCUT2D eigenvalue weighted by atomic mass is 9.87. The van der Waals surface area contributed by atoms with Crippen molar-refractivity contribution in [3.05, 3.63) is 71.5 Å². The summed E-state index contributed by atoms with van der Waals surface area (Å²) in [5.74, 6) is -0.318. The number of carbonyl (C=O) groups excluding carboxylic acids is 1. The van der Waals surface area contributed by atoms with Crippen LogP contribution in [0.1, 0.15) is 49.3 Å². The zero-order valence-corrected chi connectivity index (χ0v) is 13.7. The molecule has 0 aromatic heterocycles. The maximum atomic E-state index is 13.2. The molecule has 1 unspecified atom stereocenters. The van der Waals surface area contributed by atoms with Crippen LogP contribution in [0, 0.1) is 5.82 Å². The van der Waals surface area contributed by atoms with Gasteiger partial charge in [-0.25, -0.2) is 4.39 Å². The number of benzene rings is 2. The molecule has 1 saturated carbocycles. The molecule has 1 aliphatic carbocycles. The SMILES string of the molecule is NC(CC(=O)NC1(c2ccc(F)cc2)CCCC1)c1ccccc1. The molecule has 0 spiro atoms. The molecule has 0 saturated heterocycles. The van der Waals surface area contributed by atoms with Gasteiger partial charge in [-0.15, -0.1) is 0 Å². The van der Waals surface area contributed by atoms with Crippen LogP contribution in [0.5, 0.6) is 0 Å². The first-order chi connectivity index (χ1) is 11.6. The fourth-order valence-electron chi connectivity index (χ4n) is 3.57. The number of nitrogens with two attached hydrogens (primary N) is 1. The van der Waals surface area contributed by atoms with Crippen molar-refractivity contribution in [3.63, 3.8) is 0 Å². The van der Waals surface area contributed by atoms with E-state index in [1.165, 1.54) is 12.1 Å². The van der Waals surface area contributed by atoms with Gasteiger partial charge in [0.15, 0.2) is 0 Å². The van der Waals surface area contributed by atoms with Crippen molar-refractivity contribution in [2.24, 2.45) is 5.73 Å². The van der Waals surface area contributed by atoms with E-state index in [1.54, 1.807) is 12.1 Å². The number of carbonyl (C=O) groups is 1. The molecule has 0 bridgehead atoms. The molecule has 24 heavy (non-hydrogen) atoms. The van der Waals surface area contributed by atoms with Gasteiger partial charge < -0.3 is 11.1 Å². The summed E-state index contributed by atoms with van der Waals surface area (Å²) >= 11 is 0. The topological polar surface area (TPSA) is 55.1 Å². The Kier molecular flexibility index (Phi) is 4.95. The van der Waals surface area contributed by atoms with Crippen LogP contribution in [0.4, 0.5) is 4.39 Å². The monoisotopic (exact) mass is 326 g/mol. The zero-order valence-electron chi connectivity index (χ0n) is 13.7. The first kappa shape index (κ1) is 16.7. The first-order valence-corrected chi connectivity index (χ1v) is 8.47. The molecular weight excluding hydrogens is 303 g/mol. The number of amides is 1. The third-order valence-corrected chi connectivity index (χ3v) is 4.87. The van der Waals surface area contributed by atoms with Crippen LogP contribution < -0.4 is 11.1 Å². The molecule has 1 atom stereocenters. The Hall–Kier alpha value is -2.20. The predicted octanol–water partition coefficient (Wildman–Crippen LogP) is 3.80. The normalized spacial score (nSPS) is 17.4. The van der Waals surface area contributed by atoms with Crippen molar-refractivity contribution in [1.29, 1.82) is 0 Å². The Morgan fingerprint density at radius 2 is 1.71 bits per heavy atom. The third kappa shape index (κ3) is 3.65. The standard InChI is InChI=1S/C20H23FN2O/c21-17-10-8-16(9-11-17)20(12-4-5-13-20)23-19(24)14-18(22)15-6-2-1-3-7-15/h1-3,6-11,18H,4-5,12-14,22H2,(H,23,24). The maximum absolute atomic E-state index is 13.2. The molecule has 1 fully saturated rings. The second-order valence-corrected chi connectivity index (χ2v) is 6.57. The lowest BCUT2D eigenvalue weighted by molar-refractivity contribution is -0.123. The van der Waals surface area contributed by atoms with Crippen molar-refractivity contribution in [1.82, 2.24) is 5.32 Å². The summed E-state index contributed by atoms with van der Waals surface area (Å²) in [6.45, 7) is 0. The number of hydrogen-bond acceptors (Lipinski definition) is 2. The summed E-state index contributed by atoms with van der Waals surface area (Å²) in [6.07, 6.45) is 4.12. The largest absolute Gasteiger partial charge is 0.347 e. The van der Waals surface area contributed by atoms with Gasteiger partial charge in [0.2, 0.25) is 5.91 Å². The highest BCUT2D eigenvalue weighted by atomic mass is 19.1. The summed E-state index contributed by atoms with van der Waals surface area (Å²) in [4.78, 5) is 12.6. The van der Waals surface area contributed by atoms with Crippen LogP contribution in [-0.4, -0.2) is 5.91 Å². The van der Waals surface area contributed by atoms with Crippen molar-refractivity contribution in [2.75, 3.05) is 0 Å². The van der Waals surface area contributed by atoms with E-state index in [9.17, 15) is 9.18 Å². The molecule has 1 aliphatic rings. The van der Waals surface area contributed by atoms with E-state index in [4.69, 9.17) is 5.73 Å². The van der Waals surface area contributed by atoms with Crippen LogP contribution in [0.25, 0.3) is 0 Å². The minimum atomic E-state index is -0.388. The smallest absolute Gasteiger partial charge is 0.222 e. The molecule has 2 aromatic rings. The fraction of sp³-hybridized carbons (Fsp3) is 0.350. The van der Waals surface area contributed by atoms with Gasteiger partial charge in [0.05, 0.1) is 5.54 Å². The maximum Gasteiger partial charge on any atom is 0.222 e. The van der Waals surface area contributed by atoms with Crippen molar-refractivity contribution in [2.45, 2.75) is 43.7 Å². The summed E-state index contributed by atoms with van der Waals surface area (Å²) in [7, 11) is 0. The molecule has 0 aliphatic heterocycles. The molecule has 3 rings (SSSR count). The van der Waals surface area contributed by atoms with Gasteiger partial charge in [-0.1, -0.05) is 55.3 Å². The Bertz CT molecular complexity index is 679. The lowest BCUT2D eigenvalue weighted by Gasteiger charge is -2.31. The fourth-order valence-corrected chi connectivity index (χ4v) is 3.57. The molecule has 0 heterocycles. The van der Waals surface area contributed by atoms with Gasteiger partial charge in [-0.2, -0.15) is 0 Å².